The van der Waals surface area contributed by atoms with E-state index in [1.165, 1.54) is 12.1 Å². The Morgan fingerprint density at radius 3 is 2.88 bits per heavy atom. The van der Waals surface area contributed by atoms with E-state index < -0.39 is 0 Å². The molecule has 2 N–H and O–H groups in total. The molecule has 1 aliphatic rings. The molecular formula is C13H24N4. The number of imidazole rings is 1. The van der Waals surface area contributed by atoms with Gasteiger partial charge in [0.15, 0.2) is 0 Å². The molecule has 0 aliphatic carbocycles. The van der Waals surface area contributed by atoms with Crippen molar-refractivity contribution in [3.63, 3.8) is 0 Å². The lowest BCUT2D eigenvalue weighted by Gasteiger charge is -2.32. The van der Waals surface area contributed by atoms with Crippen LogP contribution < -0.4 is 5.32 Å². The van der Waals surface area contributed by atoms with E-state index in [9.17, 15) is 0 Å². The summed E-state index contributed by atoms with van der Waals surface area (Å²) < 4.78 is 0. The monoisotopic (exact) mass is 236 g/mol. The largest absolute Gasteiger partial charge is 0.346 e. The van der Waals surface area contributed by atoms with Crippen LogP contribution in [0.15, 0.2) is 6.20 Å². The first-order valence-electron chi connectivity index (χ1n) is 6.77. The highest BCUT2D eigenvalue weighted by Gasteiger charge is 2.17. The molecule has 1 fully saturated rings. The van der Waals surface area contributed by atoms with E-state index >= 15 is 0 Å². The molecule has 2 rings (SSSR count). The molecular weight excluding hydrogens is 212 g/mol. The second-order valence-corrected chi connectivity index (χ2v) is 4.94. The highest BCUT2D eigenvalue weighted by atomic mass is 15.2. The summed E-state index contributed by atoms with van der Waals surface area (Å²) in [4.78, 5) is 10.4. The Morgan fingerprint density at radius 1 is 1.41 bits per heavy atom. The average Bonchev–Trinajstić information content (AvgIpc) is 2.78. The third kappa shape index (κ3) is 3.54. The van der Waals surface area contributed by atoms with Crippen LogP contribution in [0, 0.1) is 0 Å². The molecule has 1 saturated heterocycles. The van der Waals surface area contributed by atoms with Gasteiger partial charge in [-0.2, -0.15) is 0 Å². The SMILES string of the molecule is CCCc1cnc(CC(C)N2CCNCC2)[nH]1. The fraction of sp³-hybridized carbons (Fsp3) is 0.769. The average molecular weight is 236 g/mol. The second-order valence-electron chi connectivity index (χ2n) is 4.94. The van der Waals surface area contributed by atoms with Crippen molar-refractivity contribution in [2.75, 3.05) is 26.2 Å². The van der Waals surface area contributed by atoms with Crippen molar-refractivity contribution >= 4 is 0 Å². The zero-order chi connectivity index (χ0) is 12.1. The van der Waals surface area contributed by atoms with Gasteiger partial charge in [0, 0.05) is 50.5 Å². The molecule has 0 bridgehead atoms. The summed E-state index contributed by atoms with van der Waals surface area (Å²) in [6.45, 7) is 9.04. The summed E-state index contributed by atoms with van der Waals surface area (Å²) in [5.41, 5.74) is 1.27. The summed E-state index contributed by atoms with van der Waals surface area (Å²) in [6.07, 6.45) is 5.30. The van der Waals surface area contributed by atoms with Crippen LogP contribution in [0.4, 0.5) is 0 Å². The molecule has 96 valence electrons. The molecule has 2 heterocycles. The summed E-state index contributed by atoms with van der Waals surface area (Å²) in [5.74, 6) is 1.14. The molecule has 0 radical (unpaired) electrons. The Morgan fingerprint density at radius 2 is 2.18 bits per heavy atom. The van der Waals surface area contributed by atoms with Crippen LogP contribution in [-0.2, 0) is 12.8 Å². The van der Waals surface area contributed by atoms with Crippen LogP contribution in [0.2, 0.25) is 0 Å². The molecule has 4 heteroatoms. The maximum absolute atomic E-state index is 4.47. The van der Waals surface area contributed by atoms with Gasteiger partial charge in [0.2, 0.25) is 0 Å². The van der Waals surface area contributed by atoms with E-state index in [0.29, 0.717) is 6.04 Å². The number of aromatic amines is 1. The third-order valence-corrected chi connectivity index (χ3v) is 3.46. The van der Waals surface area contributed by atoms with E-state index in [4.69, 9.17) is 0 Å². The number of nitrogens with zero attached hydrogens (tertiary/aromatic N) is 2. The lowest BCUT2D eigenvalue weighted by atomic mass is 10.1. The van der Waals surface area contributed by atoms with Crippen molar-refractivity contribution in [2.45, 2.75) is 39.2 Å². The number of hydrogen-bond donors (Lipinski definition) is 2. The summed E-state index contributed by atoms with van der Waals surface area (Å²) in [7, 11) is 0. The molecule has 17 heavy (non-hydrogen) atoms. The molecule has 0 amide bonds. The lowest BCUT2D eigenvalue weighted by Crippen LogP contribution is -2.48. The molecule has 1 aromatic heterocycles. The minimum absolute atomic E-state index is 0.581. The van der Waals surface area contributed by atoms with Gasteiger partial charge in [-0.3, -0.25) is 4.90 Å². The first kappa shape index (κ1) is 12.6. The van der Waals surface area contributed by atoms with Crippen LogP contribution in [-0.4, -0.2) is 47.1 Å². The lowest BCUT2D eigenvalue weighted by molar-refractivity contribution is 0.182. The van der Waals surface area contributed by atoms with Gasteiger partial charge in [0.25, 0.3) is 0 Å². The van der Waals surface area contributed by atoms with Gasteiger partial charge in [-0.05, 0) is 13.3 Å². The van der Waals surface area contributed by atoms with Crippen LogP contribution in [0.25, 0.3) is 0 Å². The number of aromatic nitrogens is 2. The molecule has 1 aromatic rings. The molecule has 1 unspecified atom stereocenters. The summed E-state index contributed by atoms with van der Waals surface area (Å²) in [5, 5.41) is 3.39. The standard InChI is InChI=1S/C13H24N4/c1-3-4-12-10-15-13(16-12)9-11(2)17-7-5-14-6-8-17/h10-11,14H,3-9H2,1-2H3,(H,15,16). The Bertz CT molecular complexity index is 328. The Kier molecular flexibility index (Phi) is 4.57. The fourth-order valence-corrected chi connectivity index (χ4v) is 2.44. The second kappa shape index (κ2) is 6.17. The molecule has 0 saturated carbocycles. The molecule has 4 nitrogen and oxygen atoms in total. The minimum atomic E-state index is 0.581. The number of piperazine rings is 1. The van der Waals surface area contributed by atoms with Crippen LogP contribution in [0.1, 0.15) is 31.8 Å². The van der Waals surface area contributed by atoms with Crippen molar-refractivity contribution in [2.24, 2.45) is 0 Å². The highest BCUT2D eigenvalue weighted by Crippen LogP contribution is 2.08. The number of hydrogen-bond acceptors (Lipinski definition) is 3. The van der Waals surface area contributed by atoms with Crippen molar-refractivity contribution in [3.8, 4) is 0 Å². The topological polar surface area (TPSA) is 44.0 Å². The van der Waals surface area contributed by atoms with Crippen molar-refractivity contribution in [1.29, 1.82) is 0 Å². The van der Waals surface area contributed by atoms with Gasteiger partial charge in [0.1, 0.15) is 5.82 Å². The third-order valence-electron chi connectivity index (χ3n) is 3.46. The van der Waals surface area contributed by atoms with Crippen LogP contribution >= 0.6 is 0 Å². The van der Waals surface area contributed by atoms with Crippen LogP contribution in [0.5, 0.6) is 0 Å². The van der Waals surface area contributed by atoms with Crippen molar-refractivity contribution in [3.05, 3.63) is 17.7 Å². The normalized spacial score (nSPS) is 19.4. The van der Waals surface area contributed by atoms with Gasteiger partial charge >= 0.3 is 0 Å². The van der Waals surface area contributed by atoms with Gasteiger partial charge in [0.05, 0.1) is 0 Å². The van der Waals surface area contributed by atoms with E-state index in [1.54, 1.807) is 0 Å². The van der Waals surface area contributed by atoms with Gasteiger partial charge in [-0.15, -0.1) is 0 Å². The Labute approximate surface area is 104 Å². The van der Waals surface area contributed by atoms with E-state index in [0.717, 1.165) is 44.8 Å². The van der Waals surface area contributed by atoms with Gasteiger partial charge in [-0.1, -0.05) is 13.3 Å². The number of aryl methyl sites for hydroxylation is 1. The molecule has 0 spiro atoms. The highest BCUT2D eigenvalue weighted by molar-refractivity contribution is 5.02. The van der Waals surface area contributed by atoms with E-state index in [2.05, 4.69) is 34.0 Å². The molecule has 0 aromatic carbocycles. The van der Waals surface area contributed by atoms with Crippen molar-refractivity contribution < 1.29 is 0 Å². The fourth-order valence-electron chi connectivity index (χ4n) is 2.44. The molecule has 1 aliphatic heterocycles. The minimum Gasteiger partial charge on any atom is -0.346 e. The first-order chi connectivity index (χ1) is 8.29. The number of H-pyrrole nitrogens is 1. The maximum atomic E-state index is 4.47. The van der Waals surface area contributed by atoms with E-state index in [-0.39, 0.29) is 0 Å². The maximum Gasteiger partial charge on any atom is 0.107 e. The van der Waals surface area contributed by atoms with Gasteiger partial charge in [-0.25, -0.2) is 4.98 Å². The summed E-state index contributed by atoms with van der Waals surface area (Å²) >= 11 is 0. The number of rotatable bonds is 5. The predicted molar refractivity (Wildman–Crippen MR) is 70.2 cm³/mol. The quantitative estimate of drug-likeness (QED) is 0.807. The smallest absolute Gasteiger partial charge is 0.107 e. The molecule has 1 atom stereocenters. The Hall–Kier alpha value is -0.870. The number of nitrogens with one attached hydrogen (secondary N) is 2. The zero-order valence-corrected chi connectivity index (χ0v) is 11.0. The Balaban J connectivity index is 1.85. The predicted octanol–water partition coefficient (Wildman–Crippen LogP) is 1.20. The first-order valence-corrected chi connectivity index (χ1v) is 6.77. The van der Waals surface area contributed by atoms with Gasteiger partial charge < -0.3 is 10.3 Å². The summed E-state index contributed by atoms with van der Waals surface area (Å²) in [6, 6.07) is 0.581. The van der Waals surface area contributed by atoms with E-state index in [1.807, 2.05) is 6.20 Å². The zero-order valence-electron chi connectivity index (χ0n) is 11.0. The van der Waals surface area contributed by atoms with Crippen molar-refractivity contribution in [1.82, 2.24) is 20.2 Å². The van der Waals surface area contributed by atoms with Crippen LogP contribution in [0.3, 0.4) is 0 Å².